The van der Waals surface area contributed by atoms with Gasteiger partial charge in [0.05, 0.1) is 0 Å². The van der Waals surface area contributed by atoms with Crippen molar-refractivity contribution in [1.29, 1.82) is 0 Å². The first-order chi connectivity index (χ1) is 7.44. The van der Waals surface area contributed by atoms with Crippen molar-refractivity contribution in [2.24, 2.45) is 11.7 Å². The number of hydrogen-bond donors (Lipinski definition) is 1. The Morgan fingerprint density at radius 2 is 2.31 bits per heavy atom. The molecule has 0 saturated carbocycles. The molecule has 1 saturated heterocycles. The molecule has 1 rings (SSSR count). The summed E-state index contributed by atoms with van der Waals surface area (Å²) >= 11 is 0. The van der Waals surface area contributed by atoms with Gasteiger partial charge in [0.2, 0.25) is 0 Å². The topological polar surface area (TPSA) is 55.6 Å². The van der Waals surface area contributed by atoms with Crippen LogP contribution in [0.15, 0.2) is 0 Å². The van der Waals surface area contributed by atoms with E-state index in [-0.39, 0.29) is 11.9 Å². The third-order valence-electron chi connectivity index (χ3n) is 3.83. The van der Waals surface area contributed by atoms with Crippen LogP contribution < -0.4 is 5.73 Å². The highest BCUT2D eigenvalue weighted by Crippen LogP contribution is 2.24. The zero-order valence-electron chi connectivity index (χ0n) is 10.8. The maximum Gasteiger partial charge on any atom is 0.254 e. The fourth-order valence-corrected chi connectivity index (χ4v) is 2.12. The van der Waals surface area contributed by atoms with E-state index in [4.69, 9.17) is 10.5 Å². The Hall–Kier alpha value is -0.610. The molecular formula is C12H24N2O2. The number of rotatable bonds is 4. The van der Waals surface area contributed by atoms with Crippen LogP contribution in [0.4, 0.5) is 0 Å². The lowest BCUT2D eigenvalue weighted by Gasteiger charge is -2.30. The molecule has 2 N–H and O–H groups in total. The summed E-state index contributed by atoms with van der Waals surface area (Å²) in [7, 11) is 1.60. The van der Waals surface area contributed by atoms with E-state index in [2.05, 4.69) is 0 Å². The van der Waals surface area contributed by atoms with Gasteiger partial charge in [-0.05, 0) is 32.6 Å². The molecule has 1 aliphatic rings. The summed E-state index contributed by atoms with van der Waals surface area (Å²) in [6.07, 6.45) is 1.70. The van der Waals surface area contributed by atoms with Crippen molar-refractivity contribution in [3.05, 3.63) is 0 Å². The van der Waals surface area contributed by atoms with Gasteiger partial charge < -0.3 is 15.4 Å². The molecule has 16 heavy (non-hydrogen) atoms. The lowest BCUT2D eigenvalue weighted by atomic mass is 10.0. The Balaban J connectivity index is 2.63. The lowest BCUT2D eigenvalue weighted by molar-refractivity contribution is -0.152. The van der Waals surface area contributed by atoms with Crippen molar-refractivity contribution < 1.29 is 9.53 Å². The van der Waals surface area contributed by atoms with Crippen LogP contribution in [0.25, 0.3) is 0 Å². The molecule has 3 unspecified atom stereocenters. The van der Waals surface area contributed by atoms with Gasteiger partial charge in [0.25, 0.3) is 5.91 Å². The quantitative estimate of drug-likeness (QED) is 0.781. The van der Waals surface area contributed by atoms with E-state index in [1.165, 1.54) is 0 Å². The average molecular weight is 228 g/mol. The van der Waals surface area contributed by atoms with Gasteiger partial charge in [-0.25, -0.2) is 0 Å². The van der Waals surface area contributed by atoms with Gasteiger partial charge in [0, 0.05) is 26.2 Å². The molecule has 94 valence electrons. The molecule has 0 aliphatic carbocycles. The largest absolute Gasteiger partial charge is 0.369 e. The zero-order chi connectivity index (χ0) is 12.3. The first-order valence-corrected chi connectivity index (χ1v) is 6.04. The van der Waals surface area contributed by atoms with Crippen LogP contribution in [-0.4, -0.2) is 42.6 Å². The maximum absolute atomic E-state index is 12.3. The van der Waals surface area contributed by atoms with Gasteiger partial charge in [-0.2, -0.15) is 0 Å². The third-order valence-corrected chi connectivity index (χ3v) is 3.83. The van der Waals surface area contributed by atoms with Crippen LogP contribution in [0.5, 0.6) is 0 Å². The molecule has 1 amide bonds. The summed E-state index contributed by atoms with van der Waals surface area (Å²) in [5, 5.41) is 0. The van der Waals surface area contributed by atoms with Gasteiger partial charge in [-0.15, -0.1) is 0 Å². The molecule has 0 aromatic rings. The molecule has 1 fully saturated rings. The summed E-state index contributed by atoms with van der Waals surface area (Å²) in [5.74, 6) is 0.530. The van der Waals surface area contributed by atoms with Crippen LogP contribution >= 0.6 is 0 Å². The smallest absolute Gasteiger partial charge is 0.254 e. The minimum atomic E-state index is -0.674. The highest BCUT2D eigenvalue weighted by Gasteiger charge is 2.38. The van der Waals surface area contributed by atoms with Crippen molar-refractivity contribution >= 4 is 5.91 Å². The Morgan fingerprint density at radius 1 is 1.69 bits per heavy atom. The van der Waals surface area contributed by atoms with Crippen molar-refractivity contribution in [3.8, 4) is 0 Å². The zero-order valence-corrected chi connectivity index (χ0v) is 10.8. The molecule has 1 aliphatic heterocycles. The van der Waals surface area contributed by atoms with Gasteiger partial charge in [-0.1, -0.05) is 6.92 Å². The number of hydrogen-bond acceptors (Lipinski definition) is 3. The summed E-state index contributed by atoms with van der Waals surface area (Å²) in [5.41, 5.74) is 5.19. The number of methoxy groups -OCH3 is 1. The first-order valence-electron chi connectivity index (χ1n) is 6.04. The highest BCUT2D eigenvalue weighted by atomic mass is 16.5. The van der Waals surface area contributed by atoms with Crippen LogP contribution in [0.3, 0.4) is 0 Å². The monoisotopic (exact) mass is 228 g/mol. The van der Waals surface area contributed by atoms with Gasteiger partial charge in [-0.3, -0.25) is 4.79 Å². The van der Waals surface area contributed by atoms with E-state index in [9.17, 15) is 4.79 Å². The summed E-state index contributed by atoms with van der Waals surface area (Å²) in [4.78, 5) is 14.1. The Labute approximate surface area is 98.1 Å². The van der Waals surface area contributed by atoms with Gasteiger partial charge in [0.1, 0.15) is 5.60 Å². The second-order valence-electron chi connectivity index (χ2n) is 4.95. The van der Waals surface area contributed by atoms with Crippen LogP contribution in [-0.2, 0) is 9.53 Å². The van der Waals surface area contributed by atoms with E-state index >= 15 is 0 Å². The highest BCUT2D eigenvalue weighted by molar-refractivity contribution is 5.85. The fraction of sp³-hybridized carbons (Fsp3) is 0.917. The lowest BCUT2D eigenvalue weighted by Crippen LogP contribution is -2.47. The van der Waals surface area contributed by atoms with E-state index in [0.717, 1.165) is 19.5 Å². The second-order valence-corrected chi connectivity index (χ2v) is 4.95. The molecule has 0 bridgehead atoms. The Morgan fingerprint density at radius 3 is 2.69 bits per heavy atom. The molecule has 0 spiro atoms. The maximum atomic E-state index is 12.3. The number of nitrogens with zero attached hydrogens (tertiary/aromatic N) is 1. The summed E-state index contributed by atoms with van der Waals surface area (Å²) in [6, 6.07) is 0.160. The van der Waals surface area contributed by atoms with Crippen LogP contribution in [0.2, 0.25) is 0 Å². The second kappa shape index (κ2) is 5.15. The Bertz CT molecular complexity index is 249. The first kappa shape index (κ1) is 13.5. The van der Waals surface area contributed by atoms with Crippen molar-refractivity contribution in [2.75, 3.05) is 20.2 Å². The summed E-state index contributed by atoms with van der Waals surface area (Å²) < 4.78 is 5.33. The number of carbonyl (C=O) groups excluding carboxylic acids is 1. The predicted molar refractivity (Wildman–Crippen MR) is 64.0 cm³/mol. The number of likely N-dealkylation sites (tertiary alicyclic amines) is 1. The molecule has 0 aromatic carbocycles. The van der Waals surface area contributed by atoms with Crippen molar-refractivity contribution in [1.82, 2.24) is 4.90 Å². The molecule has 1 heterocycles. The third kappa shape index (κ3) is 2.55. The Kier molecular flexibility index (Phi) is 4.33. The average Bonchev–Trinajstić information content (AvgIpc) is 2.76. The predicted octanol–water partition coefficient (Wildman–Crippen LogP) is 0.997. The number of nitrogens with two attached hydrogens (primary N) is 1. The van der Waals surface area contributed by atoms with E-state index < -0.39 is 5.60 Å². The van der Waals surface area contributed by atoms with E-state index in [1.807, 2.05) is 25.7 Å². The molecule has 0 aromatic heterocycles. The molecule has 4 nitrogen and oxygen atoms in total. The number of ether oxygens (including phenoxy) is 1. The van der Waals surface area contributed by atoms with Crippen LogP contribution in [0, 0.1) is 5.92 Å². The minimum Gasteiger partial charge on any atom is -0.369 e. The van der Waals surface area contributed by atoms with Crippen molar-refractivity contribution in [2.45, 2.75) is 45.3 Å². The number of amides is 1. The number of carbonyl (C=O) groups is 1. The normalized spacial score (nSPS) is 26.6. The van der Waals surface area contributed by atoms with E-state index in [0.29, 0.717) is 12.3 Å². The van der Waals surface area contributed by atoms with Gasteiger partial charge >= 0.3 is 0 Å². The fourth-order valence-electron chi connectivity index (χ4n) is 2.12. The SMILES string of the molecule is CCC(C)(OC)C(=O)N1CCC(C(C)N)C1. The molecule has 4 heteroatoms. The molecular weight excluding hydrogens is 204 g/mol. The molecule has 0 radical (unpaired) electrons. The molecule has 3 atom stereocenters. The van der Waals surface area contributed by atoms with Gasteiger partial charge in [0.15, 0.2) is 0 Å². The summed E-state index contributed by atoms with van der Waals surface area (Å²) in [6.45, 7) is 7.42. The van der Waals surface area contributed by atoms with Crippen molar-refractivity contribution in [3.63, 3.8) is 0 Å². The van der Waals surface area contributed by atoms with E-state index in [1.54, 1.807) is 7.11 Å². The standard InChI is InChI=1S/C12H24N2O2/c1-5-12(3,16-4)11(15)14-7-6-10(8-14)9(2)13/h9-10H,5-8,13H2,1-4H3. The van der Waals surface area contributed by atoms with Crippen LogP contribution in [0.1, 0.15) is 33.6 Å². The minimum absolute atomic E-state index is 0.0978.